The monoisotopic (exact) mass is 328 g/mol. The molecule has 23 heavy (non-hydrogen) atoms. The molecule has 1 heterocycles. The Morgan fingerprint density at radius 2 is 2.26 bits per heavy atom. The van der Waals surface area contributed by atoms with Crippen LogP contribution in [0, 0.1) is 0 Å². The number of carbonyl (C=O) groups is 1. The van der Waals surface area contributed by atoms with Crippen molar-refractivity contribution >= 4 is 6.03 Å². The molecular formula is C16H19F3N2O2. The molecule has 1 unspecified atom stereocenters. The van der Waals surface area contributed by atoms with Gasteiger partial charge in [-0.1, -0.05) is 24.3 Å². The molecule has 1 fully saturated rings. The van der Waals surface area contributed by atoms with E-state index in [1.807, 2.05) is 0 Å². The second-order valence-corrected chi connectivity index (χ2v) is 5.32. The molecule has 1 aromatic rings. The minimum absolute atomic E-state index is 0.220. The number of nitrogens with one attached hydrogen (secondary N) is 1. The van der Waals surface area contributed by atoms with Gasteiger partial charge in [-0.2, -0.15) is 13.2 Å². The van der Waals surface area contributed by atoms with Crippen molar-refractivity contribution < 1.29 is 22.7 Å². The van der Waals surface area contributed by atoms with Gasteiger partial charge < -0.3 is 15.0 Å². The Morgan fingerprint density at radius 3 is 2.96 bits per heavy atom. The molecule has 1 saturated heterocycles. The lowest BCUT2D eigenvalue weighted by atomic mass is 10.0. The fourth-order valence-electron chi connectivity index (χ4n) is 2.44. The van der Waals surface area contributed by atoms with E-state index in [1.54, 1.807) is 17.0 Å². The Kier molecular flexibility index (Phi) is 5.65. The molecule has 0 saturated carbocycles. The maximum Gasteiger partial charge on any atom is 0.416 e. The molecule has 1 aromatic carbocycles. The average Bonchev–Trinajstić information content (AvgIpc) is 2.52. The summed E-state index contributed by atoms with van der Waals surface area (Å²) in [5.74, 6) is 0. The summed E-state index contributed by atoms with van der Waals surface area (Å²) < 4.78 is 43.8. The Labute approximate surface area is 132 Å². The van der Waals surface area contributed by atoms with Gasteiger partial charge in [0, 0.05) is 26.1 Å². The van der Waals surface area contributed by atoms with Crippen LogP contribution < -0.4 is 5.32 Å². The molecule has 0 bridgehead atoms. The second kappa shape index (κ2) is 7.50. The number of nitrogens with zero attached hydrogens (tertiary/aromatic N) is 1. The zero-order chi connectivity index (χ0) is 16.9. The number of benzene rings is 1. The second-order valence-electron chi connectivity index (χ2n) is 5.32. The van der Waals surface area contributed by atoms with Crippen molar-refractivity contribution in [3.63, 3.8) is 0 Å². The number of carbonyl (C=O) groups excluding carboxylic acids is 1. The minimum atomic E-state index is -4.36. The molecule has 1 aliphatic heterocycles. The number of hydrogen-bond acceptors (Lipinski definition) is 2. The third kappa shape index (κ3) is 4.99. The van der Waals surface area contributed by atoms with E-state index in [0.29, 0.717) is 38.2 Å². The van der Waals surface area contributed by atoms with Crippen LogP contribution >= 0.6 is 0 Å². The first-order valence-electron chi connectivity index (χ1n) is 7.31. The number of amides is 2. The molecule has 0 aliphatic carbocycles. The molecule has 0 radical (unpaired) electrons. The van der Waals surface area contributed by atoms with Crippen LogP contribution in [0.15, 0.2) is 36.9 Å². The maximum absolute atomic E-state index is 12.7. The molecule has 7 heteroatoms. The fourth-order valence-corrected chi connectivity index (χ4v) is 2.44. The summed E-state index contributed by atoms with van der Waals surface area (Å²) in [5.41, 5.74) is -0.135. The average molecular weight is 328 g/mol. The number of hydrogen-bond donors (Lipinski definition) is 1. The van der Waals surface area contributed by atoms with E-state index in [1.165, 1.54) is 6.07 Å². The van der Waals surface area contributed by atoms with Crippen molar-refractivity contribution in [2.75, 3.05) is 26.2 Å². The van der Waals surface area contributed by atoms with Crippen LogP contribution in [-0.2, 0) is 17.3 Å². The van der Waals surface area contributed by atoms with Crippen molar-refractivity contribution in [2.45, 2.75) is 18.7 Å². The van der Waals surface area contributed by atoms with Gasteiger partial charge >= 0.3 is 12.2 Å². The van der Waals surface area contributed by atoms with Crippen LogP contribution in [0.1, 0.15) is 11.1 Å². The van der Waals surface area contributed by atoms with Crippen LogP contribution in [0.25, 0.3) is 0 Å². The zero-order valence-corrected chi connectivity index (χ0v) is 12.6. The van der Waals surface area contributed by atoms with Crippen LogP contribution in [0.3, 0.4) is 0 Å². The molecular weight excluding hydrogens is 309 g/mol. The lowest BCUT2D eigenvalue weighted by molar-refractivity contribution is -0.137. The summed E-state index contributed by atoms with van der Waals surface area (Å²) in [5, 5.41) is 2.68. The highest BCUT2D eigenvalue weighted by molar-refractivity contribution is 5.74. The van der Waals surface area contributed by atoms with Crippen molar-refractivity contribution in [3.05, 3.63) is 48.0 Å². The molecule has 2 amide bonds. The van der Waals surface area contributed by atoms with Gasteiger partial charge in [0.15, 0.2) is 0 Å². The van der Waals surface area contributed by atoms with Crippen molar-refractivity contribution in [1.82, 2.24) is 10.2 Å². The largest absolute Gasteiger partial charge is 0.416 e. The summed E-state index contributed by atoms with van der Waals surface area (Å²) in [4.78, 5) is 13.5. The normalized spacial score (nSPS) is 18.6. The van der Waals surface area contributed by atoms with Crippen molar-refractivity contribution in [3.8, 4) is 0 Å². The minimum Gasteiger partial charge on any atom is -0.374 e. The molecule has 1 aliphatic rings. The van der Waals surface area contributed by atoms with E-state index in [2.05, 4.69) is 11.9 Å². The number of ether oxygens (including phenoxy) is 1. The highest BCUT2D eigenvalue weighted by Crippen LogP contribution is 2.30. The van der Waals surface area contributed by atoms with Crippen LogP contribution in [0.4, 0.5) is 18.0 Å². The third-order valence-corrected chi connectivity index (χ3v) is 3.54. The van der Waals surface area contributed by atoms with Gasteiger partial charge in [0.1, 0.15) is 0 Å². The van der Waals surface area contributed by atoms with Crippen LogP contribution in [0.2, 0.25) is 0 Å². The van der Waals surface area contributed by atoms with E-state index >= 15 is 0 Å². The van der Waals surface area contributed by atoms with E-state index < -0.39 is 11.7 Å². The number of alkyl halides is 3. The lowest BCUT2D eigenvalue weighted by Gasteiger charge is -2.33. The van der Waals surface area contributed by atoms with E-state index in [4.69, 9.17) is 4.74 Å². The summed E-state index contributed by atoms with van der Waals surface area (Å²) in [7, 11) is 0. The number of morpholine rings is 1. The van der Waals surface area contributed by atoms with E-state index in [-0.39, 0.29) is 12.1 Å². The molecule has 4 nitrogen and oxygen atoms in total. The first-order valence-corrected chi connectivity index (χ1v) is 7.31. The lowest BCUT2D eigenvalue weighted by Crippen LogP contribution is -2.50. The summed E-state index contributed by atoms with van der Waals surface area (Å²) in [6.45, 7) is 5.07. The van der Waals surface area contributed by atoms with Crippen LogP contribution in [0.5, 0.6) is 0 Å². The molecule has 0 aromatic heterocycles. The Bertz CT molecular complexity index is 561. The topological polar surface area (TPSA) is 41.6 Å². The van der Waals surface area contributed by atoms with E-state index in [9.17, 15) is 18.0 Å². The summed E-state index contributed by atoms with van der Waals surface area (Å²) in [6.07, 6.45) is -2.77. The number of rotatable bonds is 4. The summed E-state index contributed by atoms with van der Waals surface area (Å²) >= 11 is 0. The van der Waals surface area contributed by atoms with Gasteiger partial charge in [-0.05, 0) is 11.6 Å². The summed E-state index contributed by atoms with van der Waals surface area (Å²) in [6, 6.07) is 4.97. The standard InChI is InChI=1S/C16H19F3N2O2/c1-2-6-20-15(22)21-7-8-23-14(11-21)10-12-4-3-5-13(9-12)16(17,18)19/h2-5,9,14H,1,6-8,10-11H2,(H,20,22). The Balaban J connectivity index is 1.97. The fraction of sp³-hybridized carbons (Fsp3) is 0.438. The predicted molar refractivity (Wildman–Crippen MR) is 80.1 cm³/mol. The quantitative estimate of drug-likeness (QED) is 0.864. The Morgan fingerprint density at radius 1 is 1.48 bits per heavy atom. The molecule has 126 valence electrons. The Hall–Kier alpha value is -2.02. The highest BCUT2D eigenvalue weighted by Gasteiger charge is 2.31. The zero-order valence-electron chi connectivity index (χ0n) is 12.6. The van der Waals surface area contributed by atoms with Gasteiger partial charge in [0.2, 0.25) is 0 Å². The third-order valence-electron chi connectivity index (χ3n) is 3.54. The van der Waals surface area contributed by atoms with Crippen LogP contribution in [-0.4, -0.2) is 43.3 Å². The first-order chi connectivity index (χ1) is 10.9. The molecule has 2 rings (SSSR count). The highest BCUT2D eigenvalue weighted by atomic mass is 19.4. The number of halogens is 3. The van der Waals surface area contributed by atoms with Gasteiger partial charge in [-0.15, -0.1) is 6.58 Å². The molecule has 1 N–H and O–H groups in total. The van der Waals surface area contributed by atoms with E-state index in [0.717, 1.165) is 12.1 Å². The van der Waals surface area contributed by atoms with Gasteiger partial charge in [0.25, 0.3) is 0 Å². The van der Waals surface area contributed by atoms with Gasteiger partial charge in [-0.25, -0.2) is 4.79 Å². The van der Waals surface area contributed by atoms with Gasteiger partial charge in [0.05, 0.1) is 18.3 Å². The first kappa shape index (κ1) is 17.3. The molecule has 1 atom stereocenters. The van der Waals surface area contributed by atoms with Crippen molar-refractivity contribution in [1.29, 1.82) is 0 Å². The molecule has 0 spiro atoms. The van der Waals surface area contributed by atoms with Gasteiger partial charge in [-0.3, -0.25) is 0 Å². The van der Waals surface area contributed by atoms with Crippen molar-refractivity contribution in [2.24, 2.45) is 0 Å². The predicted octanol–water partition coefficient (Wildman–Crippen LogP) is 2.84. The SMILES string of the molecule is C=CCNC(=O)N1CCOC(Cc2cccc(C(F)(F)F)c2)C1. The number of urea groups is 1. The maximum atomic E-state index is 12.7. The smallest absolute Gasteiger partial charge is 0.374 e.